The third-order valence-corrected chi connectivity index (χ3v) is 8.13. The summed E-state index contributed by atoms with van der Waals surface area (Å²) in [5, 5.41) is 7.74. The molecular weight excluding hydrogens is 438 g/mol. The van der Waals surface area contributed by atoms with E-state index in [1.165, 1.54) is 0 Å². The van der Waals surface area contributed by atoms with E-state index in [9.17, 15) is 18.0 Å². The molecule has 0 saturated carbocycles. The van der Waals surface area contributed by atoms with Crippen molar-refractivity contribution in [3.8, 4) is 0 Å². The van der Waals surface area contributed by atoms with Gasteiger partial charge in [-0.05, 0) is 38.7 Å². The number of carbonyl (C=O) groups excluding carboxylic acids is 2. The Hall–Kier alpha value is -2.20. The van der Waals surface area contributed by atoms with Crippen LogP contribution < -0.4 is 5.32 Å². The van der Waals surface area contributed by atoms with E-state index in [0.29, 0.717) is 21.4 Å². The first-order chi connectivity index (χ1) is 14.5. The Morgan fingerprint density at radius 3 is 2.65 bits per heavy atom. The number of aryl methyl sites for hydroxylation is 1. The number of carbonyl (C=O) groups is 2. The first-order valence-corrected chi connectivity index (χ1v) is 13.0. The van der Waals surface area contributed by atoms with Crippen LogP contribution in [0.15, 0.2) is 0 Å². The average molecular weight is 468 g/mol. The van der Waals surface area contributed by atoms with Crippen LogP contribution in [0.4, 0.5) is 5.00 Å². The van der Waals surface area contributed by atoms with E-state index in [0.717, 1.165) is 34.8 Å². The van der Waals surface area contributed by atoms with Crippen LogP contribution in [0.1, 0.15) is 58.5 Å². The SMILES string of the molecule is CCOC(=O)c1c(NC(=O)Cc2c(C)nn(CC(C)C)c2C)sc2c1CCS(=O)(=O)C2. The van der Waals surface area contributed by atoms with Gasteiger partial charge in [0, 0.05) is 22.7 Å². The first-order valence-electron chi connectivity index (χ1n) is 10.4. The average Bonchev–Trinajstić information content (AvgIpc) is 3.11. The summed E-state index contributed by atoms with van der Waals surface area (Å²) in [6.07, 6.45) is 0.372. The van der Waals surface area contributed by atoms with Crippen LogP contribution in [0.5, 0.6) is 0 Å². The number of nitrogens with zero attached hydrogens (tertiary/aromatic N) is 2. The fourth-order valence-electron chi connectivity index (χ4n) is 3.77. The number of aromatic nitrogens is 2. The molecule has 0 atom stereocenters. The zero-order valence-electron chi connectivity index (χ0n) is 18.6. The van der Waals surface area contributed by atoms with Gasteiger partial charge in [-0.2, -0.15) is 5.10 Å². The summed E-state index contributed by atoms with van der Waals surface area (Å²) < 4.78 is 31.2. The van der Waals surface area contributed by atoms with Gasteiger partial charge in [0.1, 0.15) is 5.00 Å². The van der Waals surface area contributed by atoms with E-state index in [1.54, 1.807) is 6.92 Å². The molecule has 0 aliphatic carbocycles. The number of thiophene rings is 1. The molecule has 1 aliphatic heterocycles. The summed E-state index contributed by atoms with van der Waals surface area (Å²) in [5.74, 6) is -0.506. The fourth-order valence-corrected chi connectivity index (χ4v) is 6.83. The number of hydrogen-bond acceptors (Lipinski definition) is 7. The lowest BCUT2D eigenvalue weighted by atomic mass is 10.1. The number of hydrogen-bond donors (Lipinski definition) is 1. The maximum Gasteiger partial charge on any atom is 0.341 e. The molecule has 0 bridgehead atoms. The second-order valence-corrected chi connectivity index (χ2v) is 11.5. The van der Waals surface area contributed by atoms with Gasteiger partial charge in [0.2, 0.25) is 5.91 Å². The molecule has 0 spiro atoms. The number of ether oxygens (including phenoxy) is 1. The number of sulfone groups is 1. The van der Waals surface area contributed by atoms with E-state index >= 15 is 0 Å². The Bertz CT molecular complexity index is 1110. The predicted molar refractivity (Wildman–Crippen MR) is 120 cm³/mol. The highest BCUT2D eigenvalue weighted by molar-refractivity contribution is 7.90. The van der Waals surface area contributed by atoms with Gasteiger partial charge in [0.15, 0.2) is 9.84 Å². The summed E-state index contributed by atoms with van der Waals surface area (Å²) in [4.78, 5) is 26.1. The molecule has 2 aromatic rings. The van der Waals surface area contributed by atoms with E-state index < -0.39 is 15.8 Å². The Morgan fingerprint density at radius 1 is 1.29 bits per heavy atom. The monoisotopic (exact) mass is 467 g/mol. The van der Waals surface area contributed by atoms with Crippen LogP contribution in [0.3, 0.4) is 0 Å². The number of esters is 1. The zero-order chi connectivity index (χ0) is 22.9. The van der Waals surface area contributed by atoms with Gasteiger partial charge >= 0.3 is 5.97 Å². The predicted octanol–water partition coefficient (Wildman–Crippen LogP) is 3.05. The third kappa shape index (κ3) is 5.17. The molecule has 0 fully saturated rings. The first kappa shape index (κ1) is 23.5. The largest absolute Gasteiger partial charge is 0.462 e. The summed E-state index contributed by atoms with van der Waals surface area (Å²) >= 11 is 1.15. The van der Waals surface area contributed by atoms with Crippen molar-refractivity contribution in [1.82, 2.24) is 9.78 Å². The van der Waals surface area contributed by atoms with Crippen molar-refractivity contribution < 1.29 is 22.7 Å². The van der Waals surface area contributed by atoms with E-state index in [-0.39, 0.29) is 42.4 Å². The van der Waals surface area contributed by atoms with E-state index in [2.05, 4.69) is 24.3 Å². The van der Waals surface area contributed by atoms with Crippen LogP contribution in [-0.2, 0) is 44.5 Å². The minimum atomic E-state index is -3.20. The van der Waals surface area contributed by atoms with E-state index in [4.69, 9.17) is 4.74 Å². The van der Waals surface area contributed by atoms with Gasteiger partial charge < -0.3 is 10.1 Å². The van der Waals surface area contributed by atoms with Crippen LogP contribution in [0, 0.1) is 19.8 Å². The molecule has 0 saturated heterocycles. The van der Waals surface area contributed by atoms with Crippen LogP contribution in [0.2, 0.25) is 0 Å². The van der Waals surface area contributed by atoms with Gasteiger partial charge in [0.05, 0.1) is 35.8 Å². The van der Waals surface area contributed by atoms with Crippen molar-refractivity contribution in [1.29, 1.82) is 0 Å². The Balaban J connectivity index is 1.87. The molecular formula is C21H29N3O5S2. The normalized spacial score (nSPS) is 15.0. The molecule has 2 aromatic heterocycles. The Morgan fingerprint density at radius 2 is 2.00 bits per heavy atom. The molecule has 1 N–H and O–H groups in total. The molecule has 8 nitrogen and oxygen atoms in total. The highest BCUT2D eigenvalue weighted by atomic mass is 32.2. The molecule has 1 amide bonds. The van der Waals surface area contributed by atoms with Gasteiger partial charge in [-0.15, -0.1) is 11.3 Å². The van der Waals surface area contributed by atoms with Crippen LogP contribution in [0.25, 0.3) is 0 Å². The van der Waals surface area contributed by atoms with Crippen molar-refractivity contribution >= 4 is 38.1 Å². The highest BCUT2D eigenvalue weighted by Gasteiger charge is 2.32. The number of fused-ring (bicyclic) bond motifs is 1. The molecule has 31 heavy (non-hydrogen) atoms. The van der Waals surface area contributed by atoms with Crippen molar-refractivity contribution in [2.24, 2.45) is 5.92 Å². The van der Waals surface area contributed by atoms with Crippen molar-refractivity contribution in [2.45, 2.75) is 59.8 Å². The fraction of sp³-hybridized carbons (Fsp3) is 0.571. The number of anilines is 1. The van der Waals surface area contributed by atoms with E-state index in [1.807, 2.05) is 18.5 Å². The molecule has 3 rings (SSSR count). The minimum absolute atomic E-state index is 0.00997. The summed E-state index contributed by atoms with van der Waals surface area (Å²) in [5.41, 5.74) is 3.57. The smallest absolute Gasteiger partial charge is 0.341 e. The summed E-state index contributed by atoms with van der Waals surface area (Å²) in [7, 11) is -3.20. The topological polar surface area (TPSA) is 107 Å². The molecule has 1 aliphatic rings. The van der Waals surface area contributed by atoms with Gasteiger partial charge in [-0.3, -0.25) is 9.48 Å². The zero-order valence-corrected chi connectivity index (χ0v) is 20.2. The minimum Gasteiger partial charge on any atom is -0.462 e. The lowest BCUT2D eigenvalue weighted by molar-refractivity contribution is -0.115. The van der Waals surface area contributed by atoms with Gasteiger partial charge in [0.25, 0.3) is 0 Å². The summed E-state index contributed by atoms with van der Waals surface area (Å²) in [6.45, 7) is 10.7. The third-order valence-electron chi connectivity index (χ3n) is 5.24. The van der Waals surface area contributed by atoms with Gasteiger partial charge in [-0.25, -0.2) is 13.2 Å². The number of rotatable bonds is 7. The van der Waals surface area contributed by atoms with Gasteiger partial charge in [-0.1, -0.05) is 13.8 Å². The summed E-state index contributed by atoms with van der Waals surface area (Å²) in [6, 6.07) is 0. The molecule has 170 valence electrons. The second kappa shape index (κ2) is 9.12. The van der Waals surface area contributed by atoms with Crippen LogP contribution in [-0.4, -0.2) is 42.4 Å². The van der Waals surface area contributed by atoms with Crippen molar-refractivity contribution in [3.63, 3.8) is 0 Å². The number of nitrogens with one attached hydrogen (secondary N) is 1. The number of amides is 1. The quantitative estimate of drug-likeness (QED) is 0.627. The van der Waals surface area contributed by atoms with Crippen molar-refractivity contribution in [2.75, 3.05) is 17.7 Å². The lowest BCUT2D eigenvalue weighted by Crippen LogP contribution is -2.20. The highest BCUT2D eigenvalue weighted by Crippen LogP contribution is 2.38. The van der Waals surface area contributed by atoms with Crippen LogP contribution >= 0.6 is 11.3 Å². The van der Waals surface area contributed by atoms with Crippen molar-refractivity contribution in [3.05, 3.63) is 33.0 Å². The molecule has 0 unspecified atom stereocenters. The Kier molecular flexibility index (Phi) is 6.90. The molecule has 0 aromatic carbocycles. The Labute approximate surface area is 186 Å². The standard InChI is InChI=1S/C21H29N3O5S2/c1-6-29-21(26)19-15-7-8-31(27,28)11-17(15)30-20(19)22-18(25)9-16-13(4)23-24(14(16)5)10-12(2)3/h12H,6-11H2,1-5H3,(H,22,25). The molecule has 0 radical (unpaired) electrons. The maximum absolute atomic E-state index is 12.9. The molecule has 10 heteroatoms. The second-order valence-electron chi connectivity index (χ2n) is 8.22. The molecule has 3 heterocycles. The maximum atomic E-state index is 12.9. The lowest BCUT2D eigenvalue weighted by Gasteiger charge is -2.13.